The van der Waals surface area contributed by atoms with Gasteiger partial charge in [0, 0.05) is 20.1 Å². The summed E-state index contributed by atoms with van der Waals surface area (Å²) >= 11 is 0. The third-order valence-corrected chi connectivity index (χ3v) is 3.82. The van der Waals surface area contributed by atoms with E-state index in [0.29, 0.717) is 17.4 Å². The zero-order valence-corrected chi connectivity index (χ0v) is 14.1. The average molecular weight is 272 g/mol. The van der Waals surface area contributed by atoms with Crippen molar-refractivity contribution in [1.82, 2.24) is 0 Å². The number of unbranched alkanes of at least 4 members (excludes halogenated alkanes) is 3. The maximum Gasteiger partial charge on any atom is 0.0621 e. The molecule has 0 aromatic carbocycles. The summed E-state index contributed by atoms with van der Waals surface area (Å²) < 4.78 is 11.1. The smallest absolute Gasteiger partial charge is 0.0621 e. The number of hydrogen-bond donors (Lipinski definition) is 0. The lowest BCUT2D eigenvalue weighted by Gasteiger charge is -2.28. The summed E-state index contributed by atoms with van der Waals surface area (Å²) in [4.78, 5) is 0. The Balaban J connectivity index is 4.20. The van der Waals surface area contributed by atoms with Crippen molar-refractivity contribution in [3.8, 4) is 0 Å². The van der Waals surface area contributed by atoms with Crippen LogP contribution in [0.25, 0.3) is 0 Å². The van der Waals surface area contributed by atoms with Crippen LogP contribution in [0.2, 0.25) is 0 Å². The molecule has 0 N–H and O–H groups in total. The van der Waals surface area contributed by atoms with Gasteiger partial charge >= 0.3 is 0 Å². The van der Waals surface area contributed by atoms with E-state index in [1.165, 1.54) is 44.9 Å². The minimum Gasteiger partial charge on any atom is -0.384 e. The molecule has 0 radical (unpaired) electrons. The molecule has 0 aromatic rings. The number of methoxy groups -OCH3 is 2. The van der Waals surface area contributed by atoms with E-state index < -0.39 is 0 Å². The molecule has 0 fully saturated rings. The maximum atomic E-state index is 5.73. The summed E-state index contributed by atoms with van der Waals surface area (Å²) in [6.07, 6.45) is 9.21. The van der Waals surface area contributed by atoms with Crippen molar-refractivity contribution < 1.29 is 9.47 Å². The molecule has 116 valence electrons. The van der Waals surface area contributed by atoms with Gasteiger partial charge in [0.25, 0.3) is 0 Å². The molecule has 0 rings (SSSR count). The summed E-state index contributed by atoms with van der Waals surface area (Å²) in [5, 5.41) is 0. The molecule has 0 aromatic heterocycles. The highest BCUT2D eigenvalue weighted by atomic mass is 16.5. The largest absolute Gasteiger partial charge is 0.384 e. The summed E-state index contributed by atoms with van der Waals surface area (Å²) in [5.74, 6) is 0.538. The highest BCUT2D eigenvalue weighted by Gasteiger charge is 2.23. The van der Waals surface area contributed by atoms with Gasteiger partial charge in [-0.25, -0.2) is 0 Å². The van der Waals surface area contributed by atoms with Crippen LogP contribution in [0.5, 0.6) is 0 Å². The molecule has 0 aliphatic rings. The fraction of sp³-hybridized carbons (Fsp3) is 1.00. The minimum absolute atomic E-state index is 0.360. The van der Waals surface area contributed by atoms with Crippen molar-refractivity contribution >= 4 is 0 Å². The number of rotatable bonds is 11. The van der Waals surface area contributed by atoms with Gasteiger partial charge in [-0.2, -0.15) is 0 Å². The first-order valence-corrected chi connectivity index (χ1v) is 7.96. The molecule has 0 spiro atoms. The van der Waals surface area contributed by atoms with Gasteiger partial charge in [0.1, 0.15) is 0 Å². The van der Waals surface area contributed by atoms with Crippen LogP contribution in [0.3, 0.4) is 0 Å². The van der Waals surface area contributed by atoms with Crippen LogP contribution in [-0.4, -0.2) is 26.9 Å². The van der Waals surface area contributed by atoms with Crippen LogP contribution in [0, 0.1) is 11.3 Å². The van der Waals surface area contributed by atoms with E-state index in [1.54, 1.807) is 7.11 Å². The molecular formula is C17H36O2. The van der Waals surface area contributed by atoms with Gasteiger partial charge in [0.05, 0.1) is 12.7 Å². The lowest BCUT2D eigenvalue weighted by atomic mass is 9.84. The average Bonchev–Trinajstić information content (AvgIpc) is 2.34. The SMILES string of the molecule is CCCCCCC(OC)C(CCC(C)(C)C)COC. The Morgan fingerprint density at radius 1 is 0.947 bits per heavy atom. The molecule has 0 amide bonds. The predicted molar refractivity (Wildman–Crippen MR) is 83.6 cm³/mol. The Bertz CT molecular complexity index is 196. The maximum absolute atomic E-state index is 5.73. The Morgan fingerprint density at radius 3 is 2.11 bits per heavy atom. The lowest BCUT2D eigenvalue weighted by Crippen LogP contribution is -2.28. The zero-order valence-electron chi connectivity index (χ0n) is 14.1. The van der Waals surface area contributed by atoms with Crippen molar-refractivity contribution in [3.63, 3.8) is 0 Å². The minimum atomic E-state index is 0.360. The first kappa shape index (κ1) is 18.9. The summed E-state index contributed by atoms with van der Waals surface area (Å²) in [7, 11) is 3.65. The van der Waals surface area contributed by atoms with Gasteiger partial charge in [-0.15, -0.1) is 0 Å². The molecule has 2 nitrogen and oxygen atoms in total. The number of hydrogen-bond acceptors (Lipinski definition) is 2. The van der Waals surface area contributed by atoms with Crippen molar-refractivity contribution in [1.29, 1.82) is 0 Å². The van der Waals surface area contributed by atoms with Gasteiger partial charge in [-0.1, -0.05) is 53.4 Å². The number of ether oxygens (including phenoxy) is 2. The lowest BCUT2D eigenvalue weighted by molar-refractivity contribution is 0.000737. The molecule has 0 saturated heterocycles. The van der Waals surface area contributed by atoms with Crippen LogP contribution >= 0.6 is 0 Å². The molecule has 0 aliphatic carbocycles. The van der Waals surface area contributed by atoms with Gasteiger partial charge in [0.2, 0.25) is 0 Å². The summed E-state index contributed by atoms with van der Waals surface area (Å²) in [6, 6.07) is 0. The van der Waals surface area contributed by atoms with Crippen LogP contribution < -0.4 is 0 Å². The normalized spacial score (nSPS) is 15.5. The third kappa shape index (κ3) is 10.4. The first-order valence-electron chi connectivity index (χ1n) is 7.96. The molecule has 2 heteroatoms. The van der Waals surface area contributed by atoms with E-state index in [2.05, 4.69) is 27.7 Å². The standard InChI is InChI=1S/C17H36O2/c1-7-8-9-10-11-16(19-6)15(14-18-5)12-13-17(2,3)4/h15-16H,7-14H2,1-6H3. The van der Waals surface area contributed by atoms with Crippen LogP contribution in [0.15, 0.2) is 0 Å². The second-order valence-electron chi connectivity index (χ2n) is 6.94. The second-order valence-corrected chi connectivity index (χ2v) is 6.94. The first-order chi connectivity index (χ1) is 8.94. The Hall–Kier alpha value is -0.0800. The molecule has 19 heavy (non-hydrogen) atoms. The van der Waals surface area contributed by atoms with Crippen LogP contribution in [-0.2, 0) is 9.47 Å². The van der Waals surface area contributed by atoms with Gasteiger partial charge in [0.15, 0.2) is 0 Å². The predicted octanol–water partition coefficient (Wildman–Crippen LogP) is 5.06. The molecule has 2 unspecified atom stereocenters. The van der Waals surface area contributed by atoms with E-state index in [-0.39, 0.29) is 0 Å². The zero-order chi connectivity index (χ0) is 14.7. The van der Waals surface area contributed by atoms with Crippen LogP contribution in [0.1, 0.15) is 72.6 Å². The Labute approximate surface area is 121 Å². The highest BCUT2D eigenvalue weighted by molar-refractivity contribution is 4.73. The molecular weight excluding hydrogens is 236 g/mol. The van der Waals surface area contributed by atoms with E-state index in [0.717, 1.165) is 6.61 Å². The van der Waals surface area contributed by atoms with Gasteiger partial charge in [-0.05, 0) is 24.7 Å². The van der Waals surface area contributed by atoms with Crippen molar-refractivity contribution in [2.45, 2.75) is 78.7 Å². The van der Waals surface area contributed by atoms with Crippen molar-refractivity contribution in [3.05, 3.63) is 0 Å². The van der Waals surface area contributed by atoms with Crippen molar-refractivity contribution in [2.75, 3.05) is 20.8 Å². The molecule has 2 atom stereocenters. The fourth-order valence-corrected chi connectivity index (χ4v) is 2.53. The monoisotopic (exact) mass is 272 g/mol. The topological polar surface area (TPSA) is 18.5 Å². The van der Waals surface area contributed by atoms with E-state index >= 15 is 0 Å². The molecule has 0 aliphatic heterocycles. The van der Waals surface area contributed by atoms with E-state index in [9.17, 15) is 0 Å². The van der Waals surface area contributed by atoms with E-state index in [4.69, 9.17) is 9.47 Å². The molecule has 0 bridgehead atoms. The fourth-order valence-electron chi connectivity index (χ4n) is 2.53. The van der Waals surface area contributed by atoms with Crippen LogP contribution in [0.4, 0.5) is 0 Å². The Morgan fingerprint density at radius 2 is 1.63 bits per heavy atom. The van der Waals surface area contributed by atoms with E-state index in [1.807, 2.05) is 7.11 Å². The van der Waals surface area contributed by atoms with Crippen molar-refractivity contribution in [2.24, 2.45) is 11.3 Å². The summed E-state index contributed by atoms with van der Waals surface area (Å²) in [5.41, 5.74) is 0.395. The third-order valence-electron chi connectivity index (χ3n) is 3.82. The highest BCUT2D eigenvalue weighted by Crippen LogP contribution is 2.27. The van der Waals surface area contributed by atoms with Gasteiger partial charge in [-0.3, -0.25) is 0 Å². The molecule has 0 saturated carbocycles. The molecule has 0 heterocycles. The second kappa shape index (κ2) is 10.7. The van der Waals surface area contributed by atoms with Gasteiger partial charge < -0.3 is 9.47 Å². The Kier molecular flexibility index (Phi) is 10.6. The quantitative estimate of drug-likeness (QED) is 0.489. The summed E-state index contributed by atoms with van der Waals surface area (Å²) in [6.45, 7) is 9.99.